The molecule has 1 aromatic carbocycles. The maximum Gasteiger partial charge on any atom is 0.334 e. The van der Waals surface area contributed by atoms with Crippen molar-refractivity contribution in [2.75, 3.05) is 31.2 Å². The summed E-state index contributed by atoms with van der Waals surface area (Å²) in [6, 6.07) is 11.8. The number of anilines is 1. The minimum absolute atomic E-state index is 0.769. The van der Waals surface area contributed by atoms with Crippen LogP contribution < -0.4 is 4.90 Å². The first-order valence-electron chi connectivity index (χ1n) is 8.31. The van der Waals surface area contributed by atoms with Crippen LogP contribution in [0.15, 0.2) is 30.3 Å². The molecule has 0 bridgehead atoms. The molecule has 2 rings (SSSR count). The molecule has 4 heteroatoms. The second kappa shape index (κ2) is 8.56. The Bertz CT molecular complexity index is 401. The summed E-state index contributed by atoms with van der Waals surface area (Å²) in [6.07, 6.45) is 5.11. The van der Waals surface area contributed by atoms with E-state index in [1.807, 2.05) is 0 Å². The maximum atomic E-state index is 6.23. The van der Waals surface area contributed by atoms with Gasteiger partial charge in [0.1, 0.15) is 0 Å². The van der Waals surface area contributed by atoms with Crippen LogP contribution in [0.4, 0.5) is 5.69 Å². The van der Waals surface area contributed by atoms with E-state index >= 15 is 0 Å². The number of para-hydroxylation sites is 1. The average molecular weight is 308 g/mol. The molecule has 1 heterocycles. The summed E-state index contributed by atoms with van der Waals surface area (Å²) in [5.74, 6) is 0. The third kappa shape index (κ3) is 5.45. The molecule has 0 spiro atoms. The Morgan fingerprint density at radius 2 is 1.86 bits per heavy atom. The fourth-order valence-corrected chi connectivity index (χ4v) is 5.37. The highest BCUT2D eigenvalue weighted by Crippen LogP contribution is 2.21. The van der Waals surface area contributed by atoms with Gasteiger partial charge in [0.2, 0.25) is 0 Å². The van der Waals surface area contributed by atoms with E-state index < -0.39 is 8.56 Å². The quantitative estimate of drug-likeness (QED) is 0.782. The van der Waals surface area contributed by atoms with E-state index in [0.29, 0.717) is 0 Å². The van der Waals surface area contributed by atoms with Gasteiger partial charge >= 0.3 is 8.56 Å². The molecule has 1 aromatic rings. The standard InChI is InChI=1S/C17H29NO2Si/c1-3-19-21(2)16-10-5-4-9-13-18(14-15-20-21)17-11-7-6-8-12-17/h6-8,11-12H,3-5,9-10,13-16H2,1-2H3. The lowest BCUT2D eigenvalue weighted by Gasteiger charge is -2.29. The molecule has 1 atom stereocenters. The van der Waals surface area contributed by atoms with Crippen LogP contribution in [0.25, 0.3) is 0 Å². The molecule has 1 aliphatic heterocycles. The molecular weight excluding hydrogens is 278 g/mol. The van der Waals surface area contributed by atoms with Crippen molar-refractivity contribution >= 4 is 14.2 Å². The van der Waals surface area contributed by atoms with Gasteiger partial charge in [-0.2, -0.15) is 0 Å². The van der Waals surface area contributed by atoms with Crippen LogP contribution in [-0.2, 0) is 8.85 Å². The van der Waals surface area contributed by atoms with Crippen LogP contribution in [0.3, 0.4) is 0 Å². The summed E-state index contributed by atoms with van der Waals surface area (Å²) in [5.41, 5.74) is 1.31. The first-order chi connectivity index (χ1) is 10.2. The normalized spacial score (nSPS) is 25.3. The third-order valence-electron chi connectivity index (χ3n) is 4.15. The molecule has 1 aliphatic rings. The molecule has 0 amide bonds. The van der Waals surface area contributed by atoms with Gasteiger partial charge in [-0.15, -0.1) is 0 Å². The number of rotatable bonds is 3. The minimum Gasteiger partial charge on any atom is -0.395 e. The number of hydrogen-bond donors (Lipinski definition) is 0. The highest BCUT2D eigenvalue weighted by atomic mass is 28.4. The zero-order valence-electron chi connectivity index (χ0n) is 13.5. The molecule has 0 aliphatic carbocycles. The van der Waals surface area contributed by atoms with E-state index in [1.54, 1.807) is 0 Å². The van der Waals surface area contributed by atoms with Gasteiger partial charge in [0.25, 0.3) is 0 Å². The van der Waals surface area contributed by atoms with Crippen molar-refractivity contribution in [3.05, 3.63) is 30.3 Å². The number of hydrogen-bond acceptors (Lipinski definition) is 3. The molecule has 0 radical (unpaired) electrons. The van der Waals surface area contributed by atoms with Crippen molar-refractivity contribution in [3.8, 4) is 0 Å². The topological polar surface area (TPSA) is 21.7 Å². The Morgan fingerprint density at radius 1 is 1.10 bits per heavy atom. The summed E-state index contributed by atoms with van der Waals surface area (Å²) in [7, 11) is -1.95. The van der Waals surface area contributed by atoms with E-state index in [1.165, 1.54) is 31.4 Å². The van der Waals surface area contributed by atoms with E-state index in [9.17, 15) is 0 Å². The molecule has 0 N–H and O–H groups in total. The van der Waals surface area contributed by atoms with Gasteiger partial charge in [-0.25, -0.2) is 0 Å². The zero-order valence-corrected chi connectivity index (χ0v) is 14.5. The van der Waals surface area contributed by atoms with Crippen LogP contribution in [-0.4, -0.2) is 34.9 Å². The van der Waals surface area contributed by atoms with Gasteiger partial charge in [0, 0.05) is 25.4 Å². The fraction of sp³-hybridized carbons (Fsp3) is 0.647. The minimum atomic E-state index is -1.95. The monoisotopic (exact) mass is 307 g/mol. The predicted octanol–water partition coefficient (Wildman–Crippen LogP) is 4.19. The van der Waals surface area contributed by atoms with Gasteiger partial charge < -0.3 is 13.8 Å². The van der Waals surface area contributed by atoms with E-state index in [-0.39, 0.29) is 0 Å². The van der Waals surface area contributed by atoms with E-state index in [4.69, 9.17) is 8.85 Å². The highest BCUT2D eigenvalue weighted by molar-refractivity contribution is 6.66. The summed E-state index contributed by atoms with van der Waals surface area (Å²) < 4.78 is 12.2. The Hall–Kier alpha value is -0.843. The highest BCUT2D eigenvalue weighted by Gasteiger charge is 2.30. The van der Waals surface area contributed by atoms with Crippen LogP contribution >= 0.6 is 0 Å². The van der Waals surface area contributed by atoms with Crippen molar-refractivity contribution in [1.29, 1.82) is 0 Å². The molecule has 118 valence electrons. The Morgan fingerprint density at radius 3 is 2.62 bits per heavy atom. The number of benzene rings is 1. The number of nitrogens with zero attached hydrogens (tertiary/aromatic N) is 1. The zero-order chi connectivity index (χ0) is 15.0. The Labute approximate surface area is 130 Å². The Kier molecular flexibility index (Phi) is 6.74. The van der Waals surface area contributed by atoms with Gasteiger partial charge in [0.05, 0.1) is 6.61 Å². The summed E-state index contributed by atoms with van der Waals surface area (Å²) >= 11 is 0. The van der Waals surface area contributed by atoms with Crippen LogP contribution in [0, 0.1) is 0 Å². The molecule has 1 unspecified atom stereocenters. The lowest BCUT2D eigenvalue weighted by molar-refractivity contribution is 0.183. The van der Waals surface area contributed by atoms with Crippen molar-refractivity contribution in [2.45, 2.75) is 45.2 Å². The third-order valence-corrected chi connectivity index (χ3v) is 7.12. The van der Waals surface area contributed by atoms with Crippen LogP contribution in [0.1, 0.15) is 32.6 Å². The van der Waals surface area contributed by atoms with Crippen molar-refractivity contribution in [3.63, 3.8) is 0 Å². The van der Waals surface area contributed by atoms with E-state index in [0.717, 1.165) is 32.3 Å². The average Bonchev–Trinajstić information content (AvgIpc) is 2.53. The van der Waals surface area contributed by atoms with E-state index in [2.05, 4.69) is 48.7 Å². The maximum absolute atomic E-state index is 6.23. The second-order valence-corrected chi connectivity index (χ2v) is 9.25. The van der Waals surface area contributed by atoms with Gasteiger partial charge in [0.15, 0.2) is 0 Å². The lowest BCUT2D eigenvalue weighted by atomic mass is 10.2. The molecule has 0 saturated carbocycles. The first kappa shape index (κ1) is 16.5. The van der Waals surface area contributed by atoms with Gasteiger partial charge in [-0.1, -0.05) is 37.5 Å². The predicted molar refractivity (Wildman–Crippen MR) is 91.1 cm³/mol. The van der Waals surface area contributed by atoms with Crippen molar-refractivity contribution in [2.24, 2.45) is 0 Å². The van der Waals surface area contributed by atoms with Crippen LogP contribution in [0.5, 0.6) is 0 Å². The van der Waals surface area contributed by atoms with Crippen molar-refractivity contribution < 1.29 is 8.85 Å². The molecule has 1 saturated heterocycles. The summed E-state index contributed by atoms with van der Waals surface area (Å²) in [4.78, 5) is 2.45. The molecule has 21 heavy (non-hydrogen) atoms. The van der Waals surface area contributed by atoms with Gasteiger partial charge in [-0.05, 0) is 38.1 Å². The molecule has 0 aromatic heterocycles. The fourth-order valence-electron chi connectivity index (χ4n) is 2.97. The largest absolute Gasteiger partial charge is 0.395 e. The smallest absolute Gasteiger partial charge is 0.334 e. The van der Waals surface area contributed by atoms with Crippen molar-refractivity contribution in [1.82, 2.24) is 0 Å². The van der Waals surface area contributed by atoms with Gasteiger partial charge in [-0.3, -0.25) is 0 Å². The Balaban J connectivity index is 1.99. The first-order valence-corrected chi connectivity index (χ1v) is 10.8. The second-order valence-electron chi connectivity index (χ2n) is 5.90. The molecule has 1 fully saturated rings. The molecular formula is C17H29NO2Si. The lowest BCUT2D eigenvalue weighted by Crippen LogP contribution is -2.41. The summed E-state index contributed by atoms with van der Waals surface area (Å²) in [6.45, 7) is 7.92. The SMILES string of the molecule is CCO[Si]1(C)CCCCCCN(c2ccccc2)CCO1. The van der Waals surface area contributed by atoms with Crippen LogP contribution in [0.2, 0.25) is 12.6 Å². The summed E-state index contributed by atoms with van der Waals surface area (Å²) in [5, 5.41) is 0. The molecule has 3 nitrogen and oxygen atoms in total.